The van der Waals surface area contributed by atoms with E-state index >= 15 is 0 Å². The van der Waals surface area contributed by atoms with Crippen LogP contribution in [-0.4, -0.2) is 15.5 Å². The van der Waals surface area contributed by atoms with Crippen LogP contribution < -0.4 is 5.73 Å². The molecule has 2 aromatic rings. The van der Waals surface area contributed by atoms with Crippen molar-refractivity contribution in [2.75, 3.05) is 0 Å². The van der Waals surface area contributed by atoms with Crippen LogP contribution in [-0.2, 0) is 4.79 Å². The normalized spacial score (nSPS) is 11.2. The Labute approximate surface area is 103 Å². The average molecular weight is 247 g/mol. The molecule has 17 heavy (non-hydrogen) atoms. The van der Waals surface area contributed by atoms with Gasteiger partial charge in [-0.25, -0.2) is 4.98 Å². The Morgan fingerprint density at radius 2 is 2.29 bits per heavy atom. The molecule has 0 fully saturated rings. The fraction of sp³-hybridized carbons (Fsp3) is 0.167. The highest BCUT2D eigenvalue weighted by Crippen LogP contribution is 2.22. The zero-order valence-electron chi connectivity index (χ0n) is 9.68. The van der Waals surface area contributed by atoms with E-state index in [0.29, 0.717) is 0 Å². The third kappa shape index (κ3) is 2.29. The quantitative estimate of drug-likeness (QED) is 0.844. The smallest absolute Gasteiger partial charge is 0.241 e. The van der Waals surface area contributed by atoms with Gasteiger partial charge in [-0.2, -0.15) is 0 Å². The van der Waals surface area contributed by atoms with Crippen molar-refractivity contribution in [2.45, 2.75) is 13.8 Å². The molecule has 1 amide bonds. The molecule has 0 bridgehead atoms. The number of nitrogens with two attached hydrogens (primary N) is 1. The van der Waals surface area contributed by atoms with Crippen molar-refractivity contribution in [1.29, 1.82) is 0 Å². The second-order valence-electron chi connectivity index (χ2n) is 3.71. The van der Waals surface area contributed by atoms with Crippen molar-refractivity contribution >= 4 is 23.3 Å². The van der Waals surface area contributed by atoms with Gasteiger partial charge in [-0.1, -0.05) is 0 Å². The van der Waals surface area contributed by atoms with Crippen molar-refractivity contribution < 1.29 is 4.79 Å². The molecule has 2 heterocycles. The highest BCUT2D eigenvalue weighted by molar-refractivity contribution is 7.12. The summed E-state index contributed by atoms with van der Waals surface area (Å²) >= 11 is 1.58. The first-order valence-corrected chi connectivity index (χ1v) is 6.04. The van der Waals surface area contributed by atoms with Crippen molar-refractivity contribution in [3.63, 3.8) is 0 Å². The minimum atomic E-state index is -0.441. The maximum atomic E-state index is 10.7. The molecule has 88 valence electrons. The van der Waals surface area contributed by atoms with Gasteiger partial charge in [0.1, 0.15) is 0 Å². The van der Waals surface area contributed by atoms with Gasteiger partial charge < -0.3 is 5.73 Å². The van der Waals surface area contributed by atoms with Crippen molar-refractivity contribution in [2.24, 2.45) is 5.73 Å². The maximum absolute atomic E-state index is 10.7. The van der Waals surface area contributed by atoms with Gasteiger partial charge in [0, 0.05) is 29.0 Å². The number of rotatable bonds is 3. The Kier molecular flexibility index (Phi) is 3.10. The molecular weight excluding hydrogens is 234 g/mol. The molecule has 0 aliphatic heterocycles. The van der Waals surface area contributed by atoms with Gasteiger partial charge in [-0.15, -0.1) is 11.3 Å². The number of nitrogens with zero attached hydrogens (tertiary/aromatic N) is 2. The van der Waals surface area contributed by atoms with Gasteiger partial charge >= 0.3 is 0 Å². The molecular formula is C12H13N3OS. The fourth-order valence-corrected chi connectivity index (χ4v) is 2.50. The molecule has 0 radical (unpaired) electrons. The first-order valence-electron chi connectivity index (χ1n) is 5.16. The number of hydrogen-bond donors (Lipinski definition) is 1. The van der Waals surface area contributed by atoms with Gasteiger partial charge in [0.05, 0.1) is 0 Å². The van der Waals surface area contributed by atoms with E-state index in [-0.39, 0.29) is 0 Å². The zero-order chi connectivity index (χ0) is 12.4. The van der Waals surface area contributed by atoms with Gasteiger partial charge in [0.2, 0.25) is 5.91 Å². The molecule has 0 saturated carbocycles. The lowest BCUT2D eigenvalue weighted by molar-refractivity contribution is -0.113. The molecule has 0 aliphatic carbocycles. The summed E-state index contributed by atoms with van der Waals surface area (Å²) in [4.78, 5) is 15.0. The minimum absolute atomic E-state index is 0.441. The van der Waals surface area contributed by atoms with Crippen LogP contribution in [0.2, 0.25) is 0 Å². The monoisotopic (exact) mass is 247 g/mol. The van der Waals surface area contributed by atoms with E-state index in [1.807, 2.05) is 25.3 Å². The SMILES string of the molecule is Cc1cc(/C=C\C(N)=O)c(C)n1-c1nccs1. The Balaban J connectivity index is 2.46. The predicted octanol–water partition coefficient (Wildman–Crippen LogP) is 2.05. The van der Waals surface area contributed by atoms with Crippen LogP contribution in [0.15, 0.2) is 23.7 Å². The molecule has 2 N–H and O–H groups in total. The molecule has 2 rings (SSSR count). The predicted molar refractivity (Wildman–Crippen MR) is 69.1 cm³/mol. The lowest BCUT2D eigenvalue weighted by Gasteiger charge is -2.04. The Hall–Kier alpha value is -1.88. The van der Waals surface area contributed by atoms with E-state index in [9.17, 15) is 4.79 Å². The summed E-state index contributed by atoms with van der Waals surface area (Å²) in [6.07, 6.45) is 4.88. The standard InChI is InChI=1S/C12H13N3OS/c1-8-7-10(3-4-11(13)16)9(2)15(8)12-14-5-6-17-12/h3-7H,1-2H3,(H2,13,16)/b4-3-. The lowest BCUT2D eigenvalue weighted by Crippen LogP contribution is -2.05. The number of aryl methyl sites for hydroxylation is 1. The first-order chi connectivity index (χ1) is 8.09. The maximum Gasteiger partial charge on any atom is 0.241 e. The summed E-state index contributed by atoms with van der Waals surface area (Å²) < 4.78 is 2.06. The fourth-order valence-electron chi connectivity index (χ4n) is 1.75. The van der Waals surface area contributed by atoms with Crippen LogP contribution in [0, 0.1) is 13.8 Å². The van der Waals surface area contributed by atoms with E-state index in [4.69, 9.17) is 5.73 Å². The number of carbonyl (C=O) groups is 1. The summed E-state index contributed by atoms with van der Waals surface area (Å²) in [5, 5.41) is 2.87. The molecule has 0 spiro atoms. The Morgan fingerprint density at radius 3 is 2.88 bits per heavy atom. The summed E-state index contributed by atoms with van der Waals surface area (Å²) in [5.74, 6) is -0.441. The molecule has 0 atom stereocenters. The van der Waals surface area contributed by atoms with Crippen LogP contribution >= 0.6 is 11.3 Å². The molecule has 0 unspecified atom stereocenters. The number of thiazole rings is 1. The second kappa shape index (κ2) is 4.55. The molecule has 0 aliphatic rings. The minimum Gasteiger partial charge on any atom is -0.366 e. The largest absolute Gasteiger partial charge is 0.366 e. The zero-order valence-corrected chi connectivity index (χ0v) is 10.5. The van der Waals surface area contributed by atoms with Crippen LogP contribution in [0.4, 0.5) is 0 Å². The Morgan fingerprint density at radius 1 is 1.53 bits per heavy atom. The molecule has 0 saturated heterocycles. The van der Waals surface area contributed by atoms with Crippen LogP contribution in [0.5, 0.6) is 0 Å². The molecule has 4 nitrogen and oxygen atoms in total. The van der Waals surface area contributed by atoms with Crippen molar-refractivity contribution in [3.8, 4) is 5.13 Å². The van der Waals surface area contributed by atoms with Gasteiger partial charge in [-0.05, 0) is 31.6 Å². The average Bonchev–Trinajstić information content (AvgIpc) is 2.84. The van der Waals surface area contributed by atoms with Gasteiger partial charge in [0.25, 0.3) is 0 Å². The highest BCUT2D eigenvalue weighted by atomic mass is 32.1. The molecule has 5 heteroatoms. The summed E-state index contributed by atoms with van der Waals surface area (Å²) in [6, 6.07) is 2.01. The molecule has 0 aromatic carbocycles. The summed E-state index contributed by atoms with van der Waals surface area (Å²) in [6.45, 7) is 4.01. The van der Waals surface area contributed by atoms with Gasteiger partial charge in [-0.3, -0.25) is 9.36 Å². The van der Waals surface area contributed by atoms with E-state index in [1.165, 1.54) is 6.08 Å². The topological polar surface area (TPSA) is 60.9 Å². The van der Waals surface area contributed by atoms with Crippen molar-refractivity contribution in [3.05, 3.63) is 40.7 Å². The van der Waals surface area contributed by atoms with E-state index in [0.717, 1.165) is 22.1 Å². The Bertz CT molecular complexity index is 567. The summed E-state index contributed by atoms with van der Waals surface area (Å²) in [7, 11) is 0. The highest BCUT2D eigenvalue weighted by Gasteiger charge is 2.10. The third-order valence-electron chi connectivity index (χ3n) is 2.51. The number of hydrogen-bond acceptors (Lipinski definition) is 3. The lowest BCUT2D eigenvalue weighted by atomic mass is 10.2. The number of carbonyl (C=O) groups excluding carboxylic acids is 1. The van der Waals surface area contributed by atoms with E-state index in [1.54, 1.807) is 23.6 Å². The number of aromatic nitrogens is 2. The van der Waals surface area contributed by atoms with Crippen LogP contribution in [0.1, 0.15) is 17.0 Å². The first kappa shape index (κ1) is 11.6. The van der Waals surface area contributed by atoms with Gasteiger partial charge in [0.15, 0.2) is 5.13 Å². The number of amides is 1. The van der Waals surface area contributed by atoms with E-state index in [2.05, 4.69) is 9.55 Å². The second-order valence-corrected chi connectivity index (χ2v) is 4.59. The van der Waals surface area contributed by atoms with Crippen LogP contribution in [0.3, 0.4) is 0 Å². The van der Waals surface area contributed by atoms with Crippen molar-refractivity contribution in [1.82, 2.24) is 9.55 Å². The summed E-state index contributed by atoms with van der Waals surface area (Å²) in [5.41, 5.74) is 8.21. The van der Waals surface area contributed by atoms with Crippen LogP contribution in [0.25, 0.3) is 11.2 Å². The third-order valence-corrected chi connectivity index (χ3v) is 3.26. The molecule has 2 aromatic heterocycles. The van der Waals surface area contributed by atoms with E-state index < -0.39 is 5.91 Å². The number of primary amides is 1.